The first kappa shape index (κ1) is 16.5. The lowest BCUT2D eigenvalue weighted by atomic mass is 10.1. The summed E-state index contributed by atoms with van der Waals surface area (Å²) in [7, 11) is 0. The zero-order valence-corrected chi connectivity index (χ0v) is 14.0. The van der Waals surface area contributed by atoms with Gasteiger partial charge in [-0.3, -0.25) is 14.4 Å². The molecule has 0 unspecified atom stereocenters. The minimum Gasteiger partial charge on any atom is -0.481 e. The summed E-state index contributed by atoms with van der Waals surface area (Å²) < 4.78 is 0. The van der Waals surface area contributed by atoms with Crippen molar-refractivity contribution in [3.8, 4) is 0 Å². The van der Waals surface area contributed by atoms with E-state index in [-0.39, 0.29) is 18.4 Å². The van der Waals surface area contributed by atoms with Crippen LogP contribution in [0.3, 0.4) is 0 Å². The minimum absolute atomic E-state index is 0.177. The number of carbonyl (C=O) groups is 3. The highest BCUT2D eigenvalue weighted by molar-refractivity contribution is 6.09. The molecule has 2 fully saturated rings. The van der Waals surface area contributed by atoms with Crippen molar-refractivity contribution in [2.45, 2.75) is 26.7 Å². The second-order valence-electron chi connectivity index (χ2n) is 6.79. The Labute approximate surface area is 141 Å². The lowest BCUT2D eigenvalue weighted by Crippen LogP contribution is -2.39. The third-order valence-electron chi connectivity index (χ3n) is 4.87. The summed E-state index contributed by atoms with van der Waals surface area (Å²) in [6, 6.07) is 5.95. The monoisotopic (exact) mass is 330 g/mol. The lowest BCUT2D eigenvalue weighted by Gasteiger charge is -2.21. The molecule has 3 rings (SSSR count). The van der Waals surface area contributed by atoms with E-state index in [0.29, 0.717) is 25.9 Å². The molecule has 0 saturated carbocycles. The molecule has 2 aliphatic rings. The molecular formula is C18H22N2O4. The van der Waals surface area contributed by atoms with Gasteiger partial charge in [0.05, 0.1) is 5.92 Å². The van der Waals surface area contributed by atoms with Gasteiger partial charge in [-0.1, -0.05) is 6.07 Å². The molecule has 1 N–H and O–H groups in total. The van der Waals surface area contributed by atoms with Crippen molar-refractivity contribution in [3.05, 3.63) is 29.3 Å². The van der Waals surface area contributed by atoms with Gasteiger partial charge in [-0.05, 0) is 49.9 Å². The molecule has 2 saturated heterocycles. The fourth-order valence-corrected chi connectivity index (χ4v) is 3.65. The number of hydrogen-bond donors (Lipinski definition) is 1. The van der Waals surface area contributed by atoms with Gasteiger partial charge in [-0.2, -0.15) is 0 Å². The van der Waals surface area contributed by atoms with Crippen LogP contribution in [0.4, 0.5) is 5.69 Å². The van der Waals surface area contributed by atoms with Crippen molar-refractivity contribution in [1.82, 2.24) is 4.90 Å². The Kier molecular flexibility index (Phi) is 4.30. The quantitative estimate of drug-likeness (QED) is 0.854. The number of likely N-dealkylation sites (tertiary alicyclic amines) is 1. The zero-order valence-electron chi connectivity index (χ0n) is 14.0. The van der Waals surface area contributed by atoms with E-state index in [9.17, 15) is 14.4 Å². The first-order valence-electron chi connectivity index (χ1n) is 8.28. The molecule has 1 aromatic rings. The van der Waals surface area contributed by atoms with Crippen LogP contribution < -0.4 is 4.90 Å². The van der Waals surface area contributed by atoms with Gasteiger partial charge in [0.1, 0.15) is 5.92 Å². The predicted molar refractivity (Wildman–Crippen MR) is 88.7 cm³/mol. The minimum atomic E-state index is -0.875. The summed E-state index contributed by atoms with van der Waals surface area (Å²) in [6.45, 7) is 5.12. The molecule has 2 amide bonds. The number of carboxylic acids is 1. The number of carbonyl (C=O) groups excluding carboxylic acids is 2. The van der Waals surface area contributed by atoms with E-state index in [1.165, 1.54) is 4.90 Å². The average Bonchev–Trinajstić information content (AvgIpc) is 3.12. The standard InChI is InChI=1S/C18H22N2O4/c1-11-7-12(2)9-14(8-11)20-6-4-15(17(20)22)16(21)19-5-3-13(10-19)18(23)24/h7-9,13,15H,3-6,10H2,1-2H3,(H,23,24)/t13-,15+/m1/s1. The zero-order chi connectivity index (χ0) is 17.4. The third kappa shape index (κ3) is 3.00. The van der Waals surface area contributed by atoms with Crippen LogP contribution in [0.15, 0.2) is 18.2 Å². The molecule has 0 bridgehead atoms. The number of amides is 2. The van der Waals surface area contributed by atoms with Gasteiger partial charge in [0.15, 0.2) is 0 Å². The number of anilines is 1. The van der Waals surface area contributed by atoms with Crippen LogP contribution in [-0.4, -0.2) is 47.4 Å². The molecule has 128 valence electrons. The third-order valence-corrected chi connectivity index (χ3v) is 4.87. The van der Waals surface area contributed by atoms with Crippen LogP contribution in [-0.2, 0) is 14.4 Å². The smallest absolute Gasteiger partial charge is 0.308 e. The van der Waals surface area contributed by atoms with Crippen LogP contribution in [0.1, 0.15) is 24.0 Å². The van der Waals surface area contributed by atoms with E-state index < -0.39 is 17.8 Å². The Morgan fingerprint density at radius 1 is 1.08 bits per heavy atom. The topological polar surface area (TPSA) is 77.9 Å². The summed E-state index contributed by atoms with van der Waals surface area (Å²) >= 11 is 0. The average molecular weight is 330 g/mol. The predicted octanol–water partition coefficient (Wildman–Crippen LogP) is 1.59. The van der Waals surface area contributed by atoms with E-state index in [1.807, 2.05) is 32.0 Å². The number of hydrogen-bond acceptors (Lipinski definition) is 3. The van der Waals surface area contributed by atoms with Crippen molar-refractivity contribution < 1.29 is 19.5 Å². The Balaban J connectivity index is 1.72. The van der Waals surface area contributed by atoms with Gasteiger partial charge in [0.2, 0.25) is 11.8 Å². The second-order valence-corrected chi connectivity index (χ2v) is 6.79. The van der Waals surface area contributed by atoms with Crippen molar-refractivity contribution >= 4 is 23.5 Å². The summed E-state index contributed by atoms with van der Waals surface area (Å²) in [5.41, 5.74) is 2.99. The molecule has 2 heterocycles. The first-order chi connectivity index (χ1) is 11.4. The van der Waals surface area contributed by atoms with Gasteiger partial charge in [0.25, 0.3) is 0 Å². The van der Waals surface area contributed by atoms with Crippen LogP contribution in [0.5, 0.6) is 0 Å². The summed E-state index contributed by atoms with van der Waals surface area (Å²) in [4.78, 5) is 39.6. The van der Waals surface area contributed by atoms with Crippen molar-refractivity contribution in [2.75, 3.05) is 24.5 Å². The molecule has 0 spiro atoms. The number of aryl methyl sites for hydroxylation is 2. The van der Waals surface area contributed by atoms with E-state index >= 15 is 0 Å². The molecule has 1 aromatic carbocycles. The van der Waals surface area contributed by atoms with Crippen molar-refractivity contribution in [2.24, 2.45) is 11.8 Å². The van der Waals surface area contributed by atoms with Crippen LogP contribution in [0.25, 0.3) is 0 Å². The summed E-state index contributed by atoms with van der Waals surface area (Å²) in [5, 5.41) is 9.06. The number of aliphatic carboxylic acids is 1. The molecule has 0 aliphatic carbocycles. The Hall–Kier alpha value is -2.37. The highest BCUT2D eigenvalue weighted by Crippen LogP contribution is 2.29. The fourth-order valence-electron chi connectivity index (χ4n) is 3.65. The molecule has 6 heteroatoms. The van der Waals surface area contributed by atoms with Gasteiger partial charge < -0.3 is 14.9 Å². The number of nitrogens with zero attached hydrogens (tertiary/aromatic N) is 2. The molecule has 0 aromatic heterocycles. The molecule has 24 heavy (non-hydrogen) atoms. The van der Waals surface area contributed by atoms with Gasteiger partial charge in [0, 0.05) is 25.3 Å². The maximum absolute atomic E-state index is 12.7. The fraction of sp³-hybridized carbons (Fsp3) is 0.500. The van der Waals surface area contributed by atoms with E-state index in [4.69, 9.17) is 5.11 Å². The SMILES string of the molecule is Cc1cc(C)cc(N2CC[C@@H](C(=O)N3CC[C@@H](C(=O)O)C3)C2=O)c1. The van der Waals surface area contributed by atoms with Crippen LogP contribution >= 0.6 is 0 Å². The molecular weight excluding hydrogens is 308 g/mol. The first-order valence-corrected chi connectivity index (χ1v) is 8.28. The molecule has 2 aliphatic heterocycles. The van der Waals surface area contributed by atoms with Crippen LogP contribution in [0, 0.1) is 25.7 Å². The summed E-state index contributed by atoms with van der Waals surface area (Å²) in [5.74, 6) is -2.47. The number of carboxylic acid groups (broad SMARTS) is 1. The van der Waals surface area contributed by atoms with Crippen molar-refractivity contribution in [1.29, 1.82) is 0 Å². The van der Waals surface area contributed by atoms with E-state index in [1.54, 1.807) is 4.90 Å². The second kappa shape index (κ2) is 6.26. The molecule has 6 nitrogen and oxygen atoms in total. The normalized spacial score (nSPS) is 23.8. The van der Waals surface area contributed by atoms with Gasteiger partial charge >= 0.3 is 5.97 Å². The van der Waals surface area contributed by atoms with E-state index in [0.717, 1.165) is 16.8 Å². The highest BCUT2D eigenvalue weighted by Gasteiger charge is 2.42. The number of benzene rings is 1. The number of rotatable bonds is 3. The maximum Gasteiger partial charge on any atom is 0.308 e. The molecule has 0 radical (unpaired) electrons. The Morgan fingerprint density at radius 2 is 1.75 bits per heavy atom. The lowest BCUT2D eigenvalue weighted by molar-refractivity contribution is -0.142. The maximum atomic E-state index is 12.7. The van der Waals surface area contributed by atoms with Crippen molar-refractivity contribution in [3.63, 3.8) is 0 Å². The van der Waals surface area contributed by atoms with Gasteiger partial charge in [-0.25, -0.2) is 0 Å². The largest absolute Gasteiger partial charge is 0.481 e. The summed E-state index contributed by atoms with van der Waals surface area (Å²) in [6.07, 6.45) is 0.946. The Morgan fingerprint density at radius 3 is 2.33 bits per heavy atom. The van der Waals surface area contributed by atoms with Gasteiger partial charge in [-0.15, -0.1) is 0 Å². The Bertz CT molecular complexity index is 680. The highest BCUT2D eigenvalue weighted by atomic mass is 16.4. The van der Waals surface area contributed by atoms with Crippen LogP contribution in [0.2, 0.25) is 0 Å². The van der Waals surface area contributed by atoms with E-state index in [2.05, 4.69) is 0 Å². The molecule has 2 atom stereocenters.